The van der Waals surface area contributed by atoms with Crippen molar-refractivity contribution in [2.45, 2.75) is 13.0 Å². The Morgan fingerprint density at radius 3 is 2.50 bits per heavy atom. The normalized spacial score (nSPS) is 12.2. The van der Waals surface area contributed by atoms with Crippen molar-refractivity contribution in [2.24, 2.45) is 0 Å². The predicted molar refractivity (Wildman–Crippen MR) is 47.4 cm³/mol. The second-order valence-corrected chi connectivity index (χ2v) is 2.75. The van der Waals surface area contributed by atoms with Gasteiger partial charge in [-0.05, 0) is 30.7 Å². The van der Waals surface area contributed by atoms with E-state index in [1.54, 1.807) is 19.1 Å². The molecule has 12 heavy (non-hydrogen) atoms. The van der Waals surface area contributed by atoms with E-state index in [4.69, 9.17) is 16.3 Å². The second-order valence-electron chi connectivity index (χ2n) is 2.38. The minimum absolute atomic E-state index is 0.487. The largest absolute Gasteiger partial charge is 0.482 e. The van der Waals surface area contributed by atoms with Gasteiger partial charge in [-0.2, -0.15) is 0 Å². The molecule has 0 spiro atoms. The third-order valence-corrected chi connectivity index (χ3v) is 1.68. The van der Waals surface area contributed by atoms with Gasteiger partial charge in [0.05, 0.1) is 0 Å². The zero-order valence-corrected chi connectivity index (χ0v) is 7.41. The summed E-state index contributed by atoms with van der Waals surface area (Å²) in [5.41, 5.74) is 0. The molecule has 2 nitrogen and oxygen atoms in total. The maximum absolute atomic E-state index is 10.6. The Hall–Kier alpha value is -1.02. The molecular weight excluding hydrogens is 176 g/mol. The number of carbonyl (C=O) groups excluding carboxylic acids is 1. The fraction of sp³-hybridized carbons (Fsp3) is 0.222. The molecule has 0 aliphatic heterocycles. The maximum Gasteiger partial charge on any atom is 0.262 e. The quantitative estimate of drug-likeness (QED) is 0.674. The van der Waals surface area contributed by atoms with Crippen molar-refractivity contribution in [1.29, 1.82) is 0 Å². The van der Waals surface area contributed by atoms with Gasteiger partial charge in [0.2, 0.25) is 0 Å². The van der Waals surface area contributed by atoms with Gasteiger partial charge in [-0.15, -0.1) is 0 Å². The lowest BCUT2D eigenvalue weighted by atomic mass is 10.3. The molecule has 0 aliphatic carbocycles. The number of hydrogen-bond acceptors (Lipinski definition) is 2. The first-order valence-corrected chi connectivity index (χ1v) is 3.99. The number of carbonyl (C=O) groups is 1. The van der Waals surface area contributed by atoms with Gasteiger partial charge in [-0.3, -0.25) is 4.79 Å². The molecular formula is C9H9ClO2. The topological polar surface area (TPSA) is 26.3 Å². The molecule has 0 aromatic heterocycles. The Balaban J connectivity index is 2.58. The summed E-state index contributed by atoms with van der Waals surface area (Å²) < 4.78 is 5.19. The van der Waals surface area contributed by atoms with Crippen LogP contribution >= 0.6 is 11.6 Å². The van der Waals surface area contributed by atoms with E-state index in [2.05, 4.69) is 0 Å². The molecule has 3 heteroatoms. The molecule has 1 atom stereocenters. The zero-order chi connectivity index (χ0) is 8.97. The summed E-state index contributed by atoms with van der Waals surface area (Å²) in [7, 11) is 0. The van der Waals surface area contributed by atoms with Crippen LogP contribution in [-0.2, 0) is 4.79 Å². The molecule has 1 rings (SSSR count). The van der Waals surface area contributed by atoms with Crippen LogP contribution < -0.4 is 4.74 Å². The summed E-state index contributed by atoms with van der Waals surface area (Å²) in [6.07, 6.45) is -0.589. The minimum atomic E-state index is -0.589. The van der Waals surface area contributed by atoms with Crippen LogP contribution in [0.2, 0.25) is 0 Å². The smallest absolute Gasteiger partial charge is 0.262 e. The summed E-state index contributed by atoms with van der Waals surface area (Å²) in [6, 6.07) is 9.09. The fourth-order valence-electron chi connectivity index (χ4n) is 0.750. The van der Waals surface area contributed by atoms with Gasteiger partial charge < -0.3 is 4.74 Å². The Morgan fingerprint density at radius 1 is 1.42 bits per heavy atom. The number of ether oxygens (including phenoxy) is 1. The third kappa shape index (κ3) is 2.55. The van der Waals surface area contributed by atoms with E-state index in [-0.39, 0.29) is 0 Å². The van der Waals surface area contributed by atoms with E-state index in [1.165, 1.54) is 0 Å². The maximum atomic E-state index is 10.6. The van der Waals surface area contributed by atoms with E-state index in [0.29, 0.717) is 5.75 Å². The van der Waals surface area contributed by atoms with Gasteiger partial charge in [0.25, 0.3) is 5.24 Å². The average molecular weight is 185 g/mol. The number of halogens is 1. The third-order valence-electron chi connectivity index (χ3n) is 1.38. The van der Waals surface area contributed by atoms with E-state index in [9.17, 15) is 4.79 Å². The molecule has 0 heterocycles. The first-order valence-electron chi connectivity index (χ1n) is 3.61. The molecule has 64 valence electrons. The SMILES string of the molecule is C[C@@H](Oc1ccccc1)C(=O)Cl. The highest BCUT2D eigenvalue weighted by atomic mass is 35.5. The zero-order valence-electron chi connectivity index (χ0n) is 6.66. The van der Waals surface area contributed by atoms with Crippen molar-refractivity contribution in [2.75, 3.05) is 0 Å². The molecule has 0 N–H and O–H groups in total. The molecule has 0 bridgehead atoms. The molecule has 1 aromatic carbocycles. The summed E-state index contributed by atoms with van der Waals surface area (Å²) >= 11 is 5.21. The van der Waals surface area contributed by atoms with Crippen LogP contribution in [0.4, 0.5) is 0 Å². The van der Waals surface area contributed by atoms with Crippen molar-refractivity contribution >= 4 is 16.8 Å². The lowest BCUT2D eigenvalue weighted by molar-refractivity contribution is -0.117. The van der Waals surface area contributed by atoms with Gasteiger partial charge in [0.1, 0.15) is 5.75 Å². The molecule has 0 unspecified atom stereocenters. The number of rotatable bonds is 3. The molecule has 0 amide bonds. The lowest BCUT2D eigenvalue weighted by Crippen LogP contribution is -2.18. The average Bonchev–Trinajstić information content (AvgIpc) is 2.06. The van der Waals surface area contributed by atoms with Crippen LogP contribution in [0.5, 0.6) is 5.75 Å². The standard InChI is InChI=1S/C9H9ClO2/c1-7(9(10)11)12-8-5-3-2-4-6-8/h2-7H,1H3/t7-/m1/s1. The predicted octanol–water partition coefficient (Wildman–Crippen LogP) is 2.22. The molecule has 0 radical (unpaired) electrons. The summed E-state index contributed by atoms with van der Waals surface area (Å²) in [5.74, 6) is 0.652. The number of hydrogen-bond donors (Lipinski definition) is 0. The van der Waals surface area contributed by atoms with Crippen molar-refractivity contribution in [3.8, 4) is 5.75 Å². The van der Waals surface area contributed by atoms with Crippen molar-refractivity contribution in [1.82, 2.24) is 0 Å². The molecule has 0 saturated carbocycles. The lowest BCUT2D eigenvalue weighted by Gasteiger charge is -2.09. The van der Waals surface area contributed by atoms with Gasteiger partial charge in [-0.1, -0.05) is 18.2 Å². The molecule has 0 saturated heterocycles. The number of benzene rings is 1. The highest BCUT2D eigenvalue weighted by molar-refractivity contribution is 6.64. The molecule has 0 aliphatic rings. The van der Waals surface area contributed by atoms with E-state index in [1.807, 2.05) is 18.2 Å². The van der Waals surface area contributed by atoms with Gasteiger partial charge in [0.15, 0.2) is 6.10 Å². The monoisotopic (exact) mass is 184 g/mol. The van der Waals surface area contributed by atoms with Gasteiger partial charge in [0, 0.05) is 0 Å². The van der Waals surface area contributed by atoms with Crippen LogP contribution in [0.15, 0.2) is 30.3 Å². The Morgan fingerprint density at radius 2 is 2.00 bits per heavy atom. The fourth-order valence-corrected chi connectivity index (χ4v) is 0.794. The highest BCUT2D eigenvalue weighted by Crippen LogP contribution is 2.11. The van der Waals surface area contributed by atoms with Crippen LogP contribution in [0, 0.1) is 0 Å². The van der Waals surface area contributed by atoms with Gasteiger partial charge in [-0.25, -0.2) is 0 Å². The van der Waals surface area contributed by atoms with Crippen LogP contribution in [-0.4, -0.2) is 11.3 Å². The van der Waals surface area contributed by atoms with E-state index < -0.39 is 11.3 Å². The molecule has 1 aromatic rings. The van der Waals surface area contributed by atoms with Crippen LogP contribution in [0.3, 0.4) is 0 Å². The Labute approximate surface area is 76.1 Å². The van der Waals surface area contributed by atoms with Crippen molar-refractivity contribution < 1.29 is 9.53 Å². The second kappa shape index (κ2) is 4.12. The van der Waals surface area contributed by atoms with Crippen LogP contribution in [0.1, 0.15) is 6.92 Å². The van der Waals surface area contributed by atoms with Gasteiger partial charge >= 0.3 is 0 Å². The molecule has 0 fully saturated rings. The summed E-state index contributed by atoms with van der Waals surface area (Å²) in [6.45, 7) is 1.61. The van der Waals surface area contributed by atoms with E-state index in [0.717, 1.165) is 0 Å². The van der Waals surface area contributed by atoms with Crippen molar-refractivity contribution in [3.05, 3.63) is 30.3 Å². The highest BCUT2D eigenvalue weighted by Gasteiger charge is 2.10. The van der Waals surface area contributed by atoms with Crippen molar-refractivity contribution in [3.63, 3.8) is 0 Å². The number of para-hydroxylation sites is 1. The van der Waals surface area contributed by atoms with E-state index >= 15 is 0 Å². The Bertz CT molecular complexity index is 258. The van der Waals surface area contributed by atoms with Crippen LogP contribution in [0.25, 0.3) is 0 Å². The summed E-state index contributed by atoms with van der Waals surface area (Å²) in [5, 5.41) is -0.487. The minimum Gasteiger partial charge on any atom is -0.482 e. The first-order chi connectivity index (χ1) is 5.70. The Kier molecular flexibility index (Phi) is 3.11. The summed E-state index contributed by atoms with van der Waals surface area (Å²) in [4.78, 5) is 10.6. The first kappa shape index (κ1) is 9.07.